The Hall–Kier alpha value is -5.37. The number of carbonyl (C=O) groups excluding carboxylic acids is 1. The summed E-state index contributed by atoms with van der Waals surface area (Å²) in [6.45, 7) is 8.08. The summed E-state index contributed by atoms with van der Waals surface area (Å²) < 4.78 is 59.3. The van der Waals surface area contributed by atoms with Gasteiger partial charge in [-0.1, -0.05) is 43.2 Å². The van der Waals surface area contributed by atoms with Gasteiger partial charge in [-0.05, 0) is 116 Å². The molecule has 0 bridgehead atoms. The van der Waals surface area contributed by atoms with Crippen LogP contribution < -0.4 is 19.7 Å². The third-order valence-electron chi connectivity index (χ3n) is 13.3. The molecule has 1 saturated heterocycles. The number of hydrogen-bond donors (Lipinski definition) is 4. The molecule has 1 amide bonds. The molecule has 5 aliphatic rings. The first kappa shape index (κ1) is 50.0. The minimum atomic E-state index is -4.88. The van der Waals surface area contributed by atoms with Crippen LogP contribution in [-0.2, 0) is 30.6 Å². The topological polar surface area (TPSA) is 228 Å². The third kappa shape index (κ3) is 12.5. The first-order valence-electron chi connectivity index (χ1n) is 22.9. The molecule has 21 heteroatoms. The number of ether oxygens (including phenoxy) is 2. The number of rotatable bonds is 17. The quantitative estimate of drug-likeness (QED) is 0.0387. The van der Waals surface area contributed by atoms with E-state index in [-0.39, 0.29) is 40.2 Å². The minimum Gasteiger partial charge on any atom is -0.455 e. The number of benzene rings is 3. The summed E-state index contributed by atoms with van der Waals surface area (Å²) in [6, 6.07) is 19.6. The molecular formula is C48H57ClN7O11PS. The number of piperazine rings is 1. The molecule has 0 radical (unpaired) electrons. The van der Waals surface area contributed by atoms with Crippen LogP contribution in [0.25, 0.3) is 17.0 Å². The molecule has 2 fully saturated rings. The smallest absolute Gasteiger partial charge is 0.455 e. The lowest BCUT2D eigenvalue weighted by Gasteiger charge is -2.39. The highest BCUT2D eigenvalue weighted by Gasteiger charge is 2.31. The number of nitrogens with one attached hydrogen (secondary N) is 2. The van der Waals surface area contributed by atoms with Gasteiger partial charge < -0.3 is 34.0 Å². The number of phosphoric acid groups is 1. The van der Waals surface area contributed by atoms with Gasteiger partial charge in [-0.25, -0.2) is 22.7 Å². The van der Waals surface area contributed by atoms with Crippen molar-refractivity contribution >= 4 is 58.0 Å². The fraction of sp³-hybridized carbons (Fsp3) is 0.417. The van der Waals surface area contributed by atoms with Crippen LogP contribution in [0, 0.1) is 21.4 Å². The summed E-state index contributed by atoms with van der Waals surface area (Å²) in [6.07, 6.45) is 9.69. The number of carbonyl (C=O) groups is 1. The van der Waals surface area contributed by atoms with E-state index in [1.165, 1.54) is 51.9 Å². The molecule has 3 aromatic carbocycles. The number of fused-ring (bicyclic) bond motifs is 1. The Morgan fingerprint density at radius 1 is 0.986 bits per heavy atom. The molecule has 69 heavy (non-hydrogen) atoms. The van der Waals surface area contributed by atoms with Gasteiger partial charge in [0.2, 0.25) is 0 Å². The van der Waals surface area contributed by atoms with Gasteiger partial charge in [0, 0.05) is 81.0 Å². The highest BCUT2D eigenvalue weighted by atomic mass is 35.5. The second-order valence-electron chi connectivity index (χ2n) is 18.7. The van der Waals surface area contributed by atoms with Gasteiger partial charge in [-0.15, -0.1) is 0 Å². The van der Waals surface area contributed by atoms with Crippen molar-refractivity contribution < 1.29 is 46.5 Å². The van der Waals surface area contributed by atoms with Crippen molar-refractivity contribution in [1.29, 1.82) is 0 Å². The molecule has 3 heterocycles. The van der Waals surface area contributed by atoms with Crippen LogP contribution >= 0.6 is 19.4 Å². The van der Waals surface area contributed by atoms with Crippen molar-refractivity contribution in [2.24, 2.45) is 11.3 Å². The normalized spacial score (nSPS) is 19.1. The molecule has 0 atom stereocenters. The van der Waals surface area contributed by atoms with Crippen molar-refractivity contribution in [3.05, 3.63) is 117 Å². The molecule has 3 aliphatic heterocycles. The van der Waals surface area contributed by atoms with E-state index in [2.05, 4.69) is 50.8 Å². The molecule has 0 unspecified atom stereocenters. The third-order valence-corrected chi connectivity index (χ3v) is 15.3. The fourth-order valence-corrected chi connectivity index (χ4v) is 10.8. The molecule has 0 aromatic heterocycles. The van der Waals surface area contributed by atoms with Gasteiger partial charge in [0.25, 0.3) is 21.6 Å². The standard InChI is InChI=1S/C48H57ClN7O11PS/c1-48(2)18-16-35(42(27-48)33-6-8-36(49)9-7-33)29-53-20-22-54(23-21-53)37-10-14-41(45(25-37)67-39-24-34-17-19-50-46(34)55(30-39)31-66-68(60,61)62)47(57)52-69(63,64)40-13-15-43(44(26-40)56(58)59)51-28-32-4-11-38(65-3)12-5-32/h6-10,13-15,17,19,24-26,30,32,38,51H,4-5,11-12,16,18,20-23,27-29,31H2,1-3H3,(H,52,57)(H2,60,61,62)/t32-,38-. The Morgan fingerprint density at radius 3 is 2.42 bits per heavy atom. The number of allylic oxidation sites excluding steroid dienone is 1. The van der Waals surface area contributed by atoms with E-state index in [0.29, 0.717) is 41.7 Å². The number of nitrogens with zero attached hydrogens (tertiary/aromatic N) is 5. The number of nitro groups is 1. The lowest BCUT2D eigenvalue weighted by atomic mass is 9.72. The average molecular weight is 1010 g/mol. The second-order valence-corrected chi connectivity index (χ2v) is 22.1. The van der Waals surface area contributed by atoms with Gasteiger partial charge >= 0.3 is 7.82 Å². The van der Waals surface area contributed by atoms with Crippen molar-refractivity contribution in [2.45, 2.75) is 76.5 Å². The predicted octanol–water partition coefficient (Wildman–Crippen LogP) is 8.93. The number of methoxy groups -OCH3 is 1. The van der Waals surface area contributed by atoms with E-state index in [1.807, 2.05) is 12.1 Å². The average Bonchev–Trinajstić information content (AvgIpc) is 3.80. The molecule has 368 valence electrons. The van der Waals surface area contributed by atoms with Crippen LogP contribution in [0.15, 0.2) is 95.7 Å². The lowest BCUT2D eigenvalue weighted by Crippen LogP contribution is -2.47. The van der Waals surface area contributed by atoms with E-state index in [0.717, 1.165) is 70.6 Å². The van der Waals surface area contributed by atoms with Crippen molar-refractivity contribution in [3.8, 4) is 22.9 Å². The fourth-order valence-electron chi connectivity index (χ4n) is 9.43. The van der Waals surface area contributed by atoms with E-state index in [1.54, 1.807) is 31.4 Å². The highest BCUT2D eigenvalue weighted by molar-refractivity contribution is 7.90. The molecule has 0 spiro atoms. The monoisotopic (exact) mass is 1010 g/mol. The van der Waals surface area contributed by atoms with Gasteiger partial charge in [0.15, 0.2) is 0 Å². The van der Waals surface area contributed by atoms with Crippen LogP contribution in [0.5, 0.6) is 11.5 Å². The van der Waals surface area contributed by atoms with Crippen LogP contribution in [-0.4, -0.2) is 96.0 Å². The zero-order chi connectivity index (χ0) is 49.1. The number of sulfonamides is 1. The number of nitro benzene ring substituents is 1. The predicted molar refractivity (Wildman–Crippen MR) is 262 cm³/mol. The Kier molecular flexibility index (Phi) is 15.2. The number of halogens is 1. The maximum absolute atomic E-state index is 14.1. The van der Waals surface area contributed by atoms with E-state index >= 15 is 0 Å². The summed E-state index contributed by atoms with van der Waals surface area (Å²) in [5, 5.41) is 16.0. The maximum Gasteiger partial charge on any atom is 0.471 e. The summed E-state index contributed by atoms with van der Waals surface area (Å²) in [5.74, 6) is -0.373. The molecule has 1 saturated carbocycles. The first-order chi connectivity index (χ1) is 32.8. The van der Waals surface area contributed by atoms with Crippen molar-refractivity contribution in [1.82, 2.24) is 19.2 Å². The van der Waals surface area contributed by atoms with E-state index < -0.39 is 46.0 Å². The number of anilines is 2. The summed E-state index contributed by atoms with van der Waals surface area (Å²) in [4.78, 5) is 52.9. The van der Waals surface area contributed by atoms with E-state index in [9.17, 15) is 37.7 Å². The number of amides is 1. The maximum atomic E-state index is 14.1. The Balaban J connectivity index is 1.04. The second kappa shape index (κ2) is 20.9. The SMILES string of the molecule is CO[C@H]1CC[C@H](CNc2ccc(S(=O)(=O)NC(=O)c3ccc(N4CCN(CC5=C(c6ccc(Cl)cc6)CC(C)(C)CC5)CC4)cc3Oc3cc4ccnc-4n(COP(=O)(O)O)c3)cc2[N+](=O)[O-])CC1. The Bertz CT molecular complexity index is 2840. The molecule has 3 aromatic rings. The molecular weight excluding hydrogens is 949 g/mol. The zero-order valence-electron chi connectivity index (χ0n) is 38.7. The first-order valence-corrected chi connectivity index (χ1v) is 26.3. The van der Waals surface area contributed by atoms with Crippen molar-refractivity contribution in [2.75, 3.05) is 56.6 Å². The largest absolute Gasteiger partial charge is 0.471 e. The minimum absolute atomic E-state index is 0.0309. The van der Waals surface area contributed by atoms with Crippen LogP contribution in [0.3, 0.4) is 0 Å². The van der Waals surface area contributed by atoms with Crippen molar-refractivity contribution in [3.63, 3.8) is 0 Å². The number of aromatic nitrogens is 2. The van der Waals surface area contributed by atoms with Gasteiger partial charge in [0.05, 0.1) is 27.7 Å². The summed E-state index contributed by atoms with van der Waals surface area (Å²) >= 11 is 6.25. The zero-order valence-corrected chi connectivity index (χ0v) is 41.1. The number of hydrogen-bond acceptors (Lipinski definition) is 13. The van der Waals surface area contributed by atoms with Crippen LogP contribution in [0.1, 0.15) is 74.7 Å². The highest BCUT2D eigenvalue weighted by Crippen LogP contribution is 2.44. The van der Waals surface area contributed by atoms with Crippen LogP contribution in [0.4, 0.5) is 17.1 Å². The van der Waals surface area contributed by atoms with Gasteiger partial charge in [-0.2, -0.15) is 0 Å². The van der Waals surface area contributed by atoms with Gasteiger partial charge in [0.1, 0.15) is 29.7 Å². The lowest BCUT2D eigenvalue weighted by molar-refractivity contribution is -0.384. The number of pyridine rings is 1. The number of phosphoric ester groups is 1. The molecule has 4 N–H and O–H groups in total. The van der Waals surface area contributed by atoms with Gasteiger partial charge in [-0.3, -0.25) is 24.3 Å². The Labute approximate surface area is 406 Å². The van der Waals surface area contributed by atoms with E-state index in [4.69, 9.17) is 25.6 Å². The Morgan fingerprint density at radius 2 is 1.72 bits per heavy atom. The molecule has 18 nitrogen and oxygen atoms in total. The summed E-state index contributed by atoms with van der Waals surface area (Å²) in [5.41, 5.74) is 4.91. The summed E-state index contributed by atoms with van der Waals surface area (Å²) in [7, 11) is -7.87. The molecule has 2 aliphatic carbocycles. The van der Waals surface area contributed by atoms with Crippen LogP contribution in [0.2, 0.25) is 5.02 Å². The molecule has 8 rings (SSSR count).